The molecule has 0 fully saturated rings. The van der Waals surface area contributed by atoms with Crippen molar-refractivity contribution in [2.45, 2.75) is 24.3 Å². The lowest BCUT2D eigenvalue weighted by Crippen LogP contribution is -1.93. The van der Waals surface area contributed by atoms with E-state index >= 15 is 0 Å². The van der Waals surface area contributed by atoms with Gasteiger partial charge in [0.2, 0.25) is 0 Å². The Morgan fingerprint density at radius 2 is 2.33 bits per heavy atom. The van der Waals surface area contributed by atoms with Crippen LogP contribution in [0.2, 0.25) is 0 Å². The fourth-order valence-electron chi connectivity index (χ4n) is 1.57. The summed E-state index contributed by atoms with van der Waals surface area (Å²) < 4.78 is 0. The van der Waals surface area contributed by atoms with Crippen LogP contribution in [-0.4, -0.2) is 10.9 Å². The number of aryl methyl sites for hydroxylation is 1. The molecule has 0 saturated carbocycles. The van der Waals surface area contributed by atoms with Gasteiger partial charge in [-0.2, -0.15) is 0 Å². The minimum atomic E-state index is -0.328. The van der Waals surface area contributed by atoms with Crippen LogP contribution in [0.3, 0.4) is 0 Å². The van der Waals surface area contributed by atoms with Gasteiger partial charge in [0.05, 0.1) is 6.10 Å². The molecule has 64 valence electrons. The van der Waals surface area contributed by atoms with E-state index in [2.05, 4.69) is 6.07 Å². The van der Waals surface area contributed by atoms with Gasteiger partial charge in [0.15, 0.2) is 0 Å². The van der Waals surface area contributed by atoms with E-state index in [0.29, 0.717) is 0 Å². The van der Waals surface area contributed by atoms with E-state index in [1.54, 1.807) is 0 Å². The number of benzene rings is 1. The molecule has 2 rings (SSSR count). The average molecular weight is 180 g/mol. The van der Waals surface area contributed by atoms with E-state index in [-0.39, 0.29) is 6.10 Å². The minimum Gasteiger partial charge on any atom is -0.389 e. The highest BCUT2D eigenvalue weighted by Gasteiger charge is 2.16. The smallest absolute Gasteiger partial charge is 0.0772 e. The number of thioether (sulfide) groups is 1. The van der Waals surface area contributed by atoms with Crippen molar-refractivity contribution in [3.05, 3.63) is 29.3 Å². The van der Waals surface area contributed by atoms with Crippen LogP contribution in [0.15, 0.2) is 23.1 Å². The zero-order valence-electron chi connectivity index (χ0n) is 7.08. The Morgan fingerprint density at radius 1 is 1.50 bits per heavy atom. The molecule has 0 amide bonds. The Kier molecular flexibility index (Phi) is 2.11. The van der Waals surface area contributed by atoms with E-state index in [1.165, 1.54) is 16.2 Å². The number of hydrogen-bond acceptors (Lipinski definition) is 2. The summed E-state index contributed by atoms with van der Waals surface area (Å²) in [5, 5.41) is 9.47. The summed E-state index contributed by atoms with van der Waals surface area (Å²) >= 11 is 1.86. The predicted molar refractivity (Wildman–Crippen MR) is 51.5 cm³/mol. The molecule has 0 saturated heterocycles. The fourth-order valence-corrected chi connectivity index (χ4v) is 2.86. The van der Waals surface area contributed by atoms with Crippen LogP contribution in [0, 0.1) is 0 Å². The molecule has 0 spiro atoms. The molecule has 1 aliphatic rings. The third kappa shape index (κ3) is 1.25. The summed E-state index contributed by atoms with van der Waals surface area (Å²) in [4.78, 5) is 1.31. The molecule has 1 N–H and O–H groups in total. The third-order valence-corrected chi connectivity index (χ3v) is 3.39. The first-order chi connectivity index (χ1) is 5.79. The maximum absolute atomic E-state index is 9.47. The van der Waals surface area contributed by atoms with Crippen molar-refractivity contribution in [1.29, 1.82) is 0 Å². The molecular formula is C10H12OS. The molecule has 0 aliphatic carbocycles. The molecule has 1 atom stereocenters. The normalized spacial score (nSPS) is 17.5. The van der Waals surface area contributed by atoms with Crippen molar-refractivity contribution in [1.82, 2.24) is 0 Å². The molecule has 12 heavy (non-hydrogen) atoms. The summed E-state index contributed by atoms with van der Waals surface area (Å²) in [5.41, 5.74) is 2.49. The van der Waals surface area contributed by atoms with Gasteiger partial charge in [-0.3, -0.25) is 0 Å². The van der Waals surface area contributed by atoms with E-state index < -0.39 is 0 Å². The molecule has 2 heteroatoms. The molecule has 1 nitrogen and oxygen atoms in total. The quantitative estimate of drug-likeness (QED) is 0.716. The number of fused-ring (bicyclic) bond motifs is 1. The molecule has 0 radical (unpaired) electrons. The Labute approximate surface area is 76.8 Å². The number of aliphatic hydroxyl groups is 1. The van der Waals surface area contributed by atoms with Crippen LogP contribution in [0.4, 0.5) is 0 Å². The Morgan fingerprint density at radius 3 is 3.08 bits per heavy atom. The Bertz CT molecular complexity index is 294. The Balaban J connectivity index is 2.49. The van der Waals surface area contributed by atoms with Crippen LogP contribution in [-0.2, 0) is 6.42 Å². The lowest BCUT2D eigenvalue weighted by atomic mass is 10.1. The summed E-state index contributed by atoms with van der Waals surface area (Å²) in [7, 11) is 0. The molecule has 0 aromatic heterocycles. The summed E-state index contributed by atoms with van der Waals surface area (Å²) in [5.74, 6) is 1.17. The lowest BCUT2D eigenvalue weighted by molar-refractivity contribution is 0.196. The highest BCUT2D eigenvalue weighted by atomic mass is 32.2. The van der Waals surface area contributed by atoms with Crippen LogP contribution in [0.5, 0.6) is 0 Å². The van der Waals surface area contributed by atoms with Gasteiger partial charge >= 0.3 is 0 Å². The van der Waals surface area contributed by atoms with Gasteiger partial charge in [-0.15, -0.1) is 11.8 Å². The topological polar surface area (TPSA) is 20.2 Å². The number of rotatable bonds is 1. The first kappa shape index (κ1) is 8.14. The molecule has 1 unspecified atom stereocenters. The molecule has 1 aromatic rings. The largest absolute Gasteiger partial charge is 0.389 e. The van der Waals surface area contributed by atoms with E-state index in [4.69, 9.17) is 0 Å². The standard InChI is InChI=1S/C10H12OS/c1-7(11)9-4-2-3-8-5-6-12-10(8)9/h2-4,7,11H,5-6H2,1H3. The minimum absolute atomic E-state index is 0.328. The van der Waals surface area contributed by atoms with Gasteiger partial charge < -0.3 is 5.11 Å². The van der Waals surface area contributed by atoms with E-state index in [0.717, 1.165) is 12.0 Å². The first-order valence-electron chi connectivity index (χ1n) is 4.21. The van der Waals surface area contributed by atoms with E-state index in [9.17, 15) is 5.11 Å². The molecule has 0 bridgehead atoms. The van der Waals surface area contributed by atoms with Crippen LogP contribution >= 0.6 is 11.8 Å². The lowest BCUT2D eigenvalue weighted by Gasteiger charge is -2.09. The second-order valence-electron chi connectivity index (χ2n) is 3.11. The average Bonchev–Trinajstić information content (AvgIpc) is 2.49. The number of hydrogen-bond donors (Lipinski definition) is 1. The second kappa shape index (κ2) is 3.11. The maximum atomic E-state index is 9.47. The molecule has 1 aromatic carbocycles. The van der Waals surface area contributed by atoms with Crippen LogP contribution < -0.4 is 0 Å². The highest BCUT2D eigenvalue weighted by Crippen LogP contribution is 2.36. The van der Waals surface area contributed by atoms with Crippen LogP contribution in [0.25, 0.3) is 0 Å². The summed E-state index contributed by atoms with van der Waals surface area (Å²) in [6, 6.07) is 6.20. The first-order valence-corrected chi connectivity index (χ1v) is 5.20. The highest BCUT2D eigenvalue weighted by molar-refractivity contribution is 7.99. The zero-order valence-corrected chi connectivity index (χ0v) is 7.90. The van der Waals surface area contributed by atoms with E-state index in [1.807, 2.05) is 30.8 Å². The molecule has 1 aliphatic heterocycles. The SMILES string of the molecule is CC(O)c1cccc2c1SCC2. The van der Waals surface area contributed by atoms with Crippen molar-refractivity contribution in [2.75, 3.05) is 5.75 Å². The summed E-state index contributed by atoms with van der Waals surface area (Å²) in [6.07, 6.45) is 0.825. The Hall–Kier alpha value is -0.470. The maximum Gasteiger partial charge on any atom is 0.0772 e. The van der Waals surface area contributed by atoms with Gasteiger partial charge in [0, 0.05) is 10.6 Å². The summed E-state index contributed by atoms with van der Waals surface area (Å²) in [6.45, 7) is 1.83. The van der Waals surface area contributed by atoms with Gasteiger partial charge in [-0.05, 0) is 24.5 Å². The van der Waals surface area contributed by atoms with Crippen LogP contribution in [0.1, 0.15) is 24.2 Å². The van der Waals surface area contributed by atoms with Crippen molar-refractivity contribution in [3.8, 4) is 0 Å². The fraction of sp³-hybridized carbons (Fsp3) is 0.400. The van der Waals surface area contributed by atoms with Gasteiger partial charge in [0.25, 0.3) is 0 Å². The van der Waals surface area contributed by atoms with Crippen molar-refractivity contribution >= 4 is 11.8 Å². The molecular weight excluding hydrogens is 168 g/mol. The molecule has 1 heterocycles. The second-order valence-corrected chi connectivity index (χ2v) is 4.22. The van der Waals surface area contributed by atoms with Gasteiger partial charge in [-0.1, -0.05) is 18.2 Å². The third-order valence-electron chi connectivity index (χ3n) is 2.19. The zero-order chi connectivity index (χ0) is 8.55. The monoisotopic (exact) mass is 180 g/mol. The van der Waals surface area contributed by atoms with Gasteiger partial charge in [0.1, 0.15) is 0 Å². The van der Waals surface area contributed by atoms with Crippen molar-refractivity contribution in [2.24, 2.45) is 0 Å². The van der Waals surface area contributed by atoms with Crippen molar-refractivity contribution in [3.63, 3.8) is 0 Å². The number of aliphatic hydroxyl groups excluding tert-OH is 1. The predicted octanol–water partition coefficient (Wildman–Crippen LogP) is 2.39. The van der Waals surface area contributed by atoms with Crippen molar-refractivity contribution < 1.29 is 5.11 Å². The van der Waals surface area contributed by atoms with Gasteiger partial charge in [-0.25, -0.2) is 0 Å².